The minimum atomic E-state index is -0.267. The van der Waals surface area contributed by atoms with Crippen molar-refractivity contribution in [3.05, 3.63) is 69.2 Å². The zero-order valence-corrected chi connectivity index (χ0v) is 16.8. The number of carbonyl (C=O) groups is 1. The van der Waals surface area contributed by atoms with Crippen LogP contribution >= 0.6 is 23.2 Å². The maximum absolute atomic E-state index is 13.2. The zero-order chi connectivity index (χ0) is 18.8. The molecule has 0 aliphatic carbocycles. The lowest BCUT2D eigenvalue weighted by Crippen LogP contribution is -2.48. The summed E-state index contributed by atoms with van der Waals surface area (Å²) in [5, 5.41) is 4.64. The Balaban J connectivity index is 1.53. The van der Waals surface area contributed by atoms with E-state index < -0.39 is 0 Å². The van der Waals surface area contributed by atoms with E-state index in [1.165, 1.54) is 31.5 Å². The van der Waals surface area contributed by atoms with Crippen molar-refractivity contribution in [3.63, 3.8) is 0 Å². The summed E-state index contributed by atoms with van der Waals surface area (Å²) in [7, 11) is 0. The van der Waals surface area contributed by atoms with E-state index in [-0.39, 0.29) is 11.8 Å². The molecule has 0 radical (unpaired) electrons. The number of halogens is 2. The lowest BCUT2D eigenvalue weighted by atomic mass is 9.86. The third-order valence-electron chi connectivity index (χ3n) is 5.60. The van der Waals surface area contributed by atoms with E-state index in [0.29, 0.717) is 22.5 Å². The first kappa shape index (κ1) is 18.9. The van der Waals surface area contributed by atoms with Crippen molar-refractivity contribution >= 4 is 29.0 Å². The predicted molar refractivity (Wildman–Crippen MR) is 111 cm³/mol. The van der Waals surface area contributed by atoms with Crippen LogP contribution in [0.3, 0.4) is 0 Å². The number of nitrogens with one attached hydrogen (secondary N) is 1. The van der Waals surface area contributed by atoms with Gasteiger partial charge in [0.25, 0.3) is 0 Å². The van der Waals surface area contributed by atoms with Crippen LogP contribution < -0.4 is 5.32 Å². The first-order valence-corrected chi connectivity index (χ1v) is 10.4. The Morgan fingerprint density at radius 3 is 2.63 bits per heavy atom. The summed E-state index contributed by atoms with van der Waals surface area (Å²) in [5.41, 5.74) is 3.29. The molecule has 1 unspecified atom stereocenters. The van der Waals surface area contributed by atoms with Crippen LogP contribution in [0.1, 0.15) is 35.6 Å². The molecule has 2 heterocycles. The Morgan fingerprint density at radius 1 is 1.07 bits per heavy atom. The van der Waals surface area contributed by atoms with Gasteiger partial charge in [-0.05, 0) is 61.2 Å². The third-order valence-corrected chi connectivity index (χ3v) is 6.34. The van der Waals surface area contributed by atoms with Crippen molar-refractivity contribution < 1.29 is 4.79 Å². The molecule has 0 amide bonds. The highest BCUT2D eigenvalue weighted by Gasteiger charge is 2.31. The molecule has 1 fully saturated rings. The molecular weight excluding hydrogens is 379 g/mol. The number of likely N-dealkylation sites (tertiary alicyclic amines) is 1. The Bertz CT molecular complexity index is 833. The molecule has 1 N–H and O–H groups in total. The predicted octanol–water partition coefficient (Wildman–Crippen LogP) is 4.46. The van der Waals surface area contributed by atoms with Gasteiger partial charge in [-0.1, -0.05) is 53.5 Å². The smallest absolute Gasteiger partial charge is 0.158 e. The number of ketones is 1. The molecule has 0 saturated carbocycles. The molecule has 2 aliphatic heterocycles. The van der Waals surface area contributed by atoms with Gasteiger partial charge in [0.05, 0.1) is 16.1 Å². The average Bonchev–Trinajstić information content (AvgIpc) is 3.17. The van der Waals surface area contributed by atoms with Crippen LogP contribution in [0, 0.1) is 0 Å². The van der Waals surface area contributed by atoms with Crippen LogP contribution in [0.2, 0.25) is 10.0 Å². The highest BCUT2D eigenvalue weighted by Crippen LogP contribution is 2.29. The van der Waals surface area contributed by atoms with Crippen molar-refractivity contribution in [3.8, 4) is 0 Å². The number of fused-ring (bicyclic) bond motifs is 1. The van der Waals surface area contributed by atoms with Gasteiger partial charge in [-0.3, -0.25) is 10.1 Å². The summed E-state index contributed by atoms with van der Waals surface area (Å²) in [6.07, 6.45) is 3.88. The molecule has 2 aliphatic rings. The Hall–Kier alpha value is -1.39. The first-order chi connectivity index (χ1) is 13.1. The second-order valence-electron chi connectivity index (χ2n) is 7.60. The largest absolute Gasteiger partial charge is 0.302 e. The molecule has 3 nitrogen and oxygen atoms in total. The van der Waals surface area contributed by atoms with Crippen molar-refractivity contribution in [2.24, 2.45) is 0 Å². The number of Topliss-reactive ketones (excluding diaryl/α,β-unsaturated/α-hetero) is 1. The summed E-state index contributed by atoms with van der Waals surface area (Å²) >= 11 is 12.1. The zero-order valence-electron chi connectivity index (χ0n) is 15.3. The van der Waals surface area contributed by atoms with Crippen LogP contribution in [0.5, 0.6) is 0 Å². The van der Waals surface area contributed by atoms with Gasteiger partial charge in [0.2, 0.25) is 0 Å². The average molecular weight is 403 g/mol. The van der Waals surface area contributed by atoms with Crippen molar-refractivity contribution in [2.75, 3.05) is 19.6 Å². The van der Waals surface area contributed by atoms with Crippen LogP contribution in [0.15, 0.2) is 42.5 Å². The normalized spacial score (nSPS) is 22.6. The second kappa shape index (κ2) is 8.32. The summed E-state index contributed by atoms with van der Waals surface area (Å²) in [6, 6.07) is 13.8. The minimum absolute atomic E-state index is 0.173. The summed E-state index contributed by atoms with van der Waals surface area (Å²) in [4.78, 5) is 15.7. The van der Waals surface area contributed by atoms with Crippen LogP contribution in [-0.2, 0) is 17.6 Å². The van der Waals surface area contributed by atoms with Gasteiger partial charge >= 0.3 is 0 Å². The number of benzene rings is 2. The SMILES string of the molecule is O=C(Cc1ccc(Cl)c(Cl)c1)[C@@H]1NC(CN2CCCC2)Cc2ccccc21. The number of carbonyl (C=O) groups excluding carboxylic acids is 1. The van der Waals surface area contributed by atoms with Crippen LogP contribution in [0.25, 0.3) is 0 Å². The number of nitrogens with zero attached hydrogens (tertiary/aromatic N) is 1. The lowest BCUT2D eigenvalue weighted by molar-refractivity contribution is -0.121. The molecule has 1 saturated heterocycles. The molecule has 2 atom stereocenters. The quantitative estimate of drug-likeness (QED) is 0.800. The molecule has 0 bridgehead atoms. The maximum Gasteiger partial charge on any atom is 0.158 e. The van der Waals surface area contributed by atoms with Gasteiger partial charge in [-0.25, -0.2) is 0 Å². The fourth-order valence-corrected chi connectivity index (χ4v) is 4.59. The van der Waals surface area contributed by atoms with E-state index in [1.807, 2.05) is 12.1 Å². The number of hydrogen-bond acceptors (Lipinski definition) is 3. The second-order valence-corrected chi connectivity index (χ2v) is 8.41. The highest BCUT2D eigenvalue weighted by molar-refractivity contribution is 6.42. The van der Waals surface area contributed by atoms with Crippen molar-refractivity contribution in [2.45, 2.75) is 37.8 Å². The highest BCUT2D eigenvalue weighted by atomic mass is 35.5. The number of rotatable bonds is 5. The van der Waals surface area contributed by atoms with Crippen LogP contribution in [-0.4, -0.2) is 36.4 Å². The Morgan fingerprint density at radius 2 is 1.85 bits per heavy atom. The van der Waals surface area contributed by atoms with E-state index in [9.17, 15) is 4.79 Å². The topological polar surface area (TPSA) is 32.3 Å². The molecule has 4 rings (SSSR count). The fraction of sp³-hybridized carbons (Fsp3) is 0.409. The lowest BCUT2D eigenvalue weighted by Gasteiger charge is -2.34. The first-order valence-electron chi connectivity index (χ1n) is 9.63. The van der Waals surface area contributed by atoms with E-state index in [4.69, 9.17) is 23.2 Å². The maximum atomic E-state index is 13.2. The van der Waals surface area contributed by atoms with Crippen LogP contribution in [0.4, 0.5) is 0 Å². The van der Waals surface area contributed by atoms with Gasteiger partial charge < -0.3 is 4.90 Å². The van der Waals surface area contributed by atoms with Gasteiger partial charge in [0.15, 0.2) is 5.78 Å². The number of hydrogen-bond donors (Lipinski definition) is 1. The summed E-state index contributed by atoms with van der Waals surface area (Å²) < 4.78 is 0. The van der Waals surface area contributed by atoms with E-state index in [1.54, 1.807) is 12.1 Å². The van der Waals surface area contributed by atoms with Gasteiger partial charge in [0, 0.05) is 19.0 Å². The molecule has 0 spiro atoms. The molecule has 0 aromatic heterocycles. The summed E-state index contributed by atoms with van der Waals surface area (Å²) in [5.74, 6) is 0.173. The molecular formula is C22H24Cl2N2O. The molecule has 5 heteroatoms. The molecule has 142 valence electrons. The third kappa shape index (κ3) is 4.38. The van der Waals surface area contributed by atoms with E-state index in [0.717, 1.165) is 24.1 Å². The van der Waals surface area contributed by atoms with Gasteiger partial charge in [-0.2, -0.15) is 0 Å². The van der Waals surface area contributed by atoms with Crippen molar-refractivity contribution in [1.82, 2.24) is 10.2 Å². The minimum Gasteiger partial charge on any atom is -0.302 e. The van der Waals surface area contributed by atoms with Crippen molar-refractivity contribution in [1.29, 1.82) is 0 Å². The van der Waals surface area contributed by atoms with Gasteiger partial charge in [0.1, 0.15) is 0 Å². The standard InChI is InChI=1S/C22H24Cl2N2O/c23-19-8-7-15(11-20(19)24)12-21(27)22-18-6-2-1-5-16(18)13-17(25-22)14-26-9-3-4-10-26/h1-2,5-8,11,17,22,25H,3-4,9-10,12-14H2/t17?,22-/m1/s1. The van der Waals surface area contributed by atoms with E-state index >= 15 is 0 Å². The fourth-order valence-electron chi connectivity index (χ4n) is 4.26. The van der Waals surface area contributed by atoms with E-state index in [2.05, 4.69) is 28.4 Å². The molecule has 27 heavy (non-hydrogen) atoms. The summed E-state index contributed by atoms with van der Waals surface area (Å²) in [6.45, 7) is 3.34. The Kier molecular flexibility index (Phi) is 5.84. The molecule has 2 aromatic carbocycles. The molecule has 2 aromatic rings. The monoisotopic (exact) mass is 402 g/mol. The Labute approximate surface area is 170 Å². The van der Waals surface area contributed by atoms with Gasteiger partial charge in [-0.15, -0.1) is 0 Å².